The maximum absolute atomic E-state index is 12.0. The number of benzene rings is 1. The zero-order valence-corrected chi connectivity index (χ0v) is 12.2. The van der Waals surface area contributed by atoms with Crippen LogP contribution in [0.25, 0.3) is 6.08 Å². The fraction of sp³-hybridized carbons (Fsp3) is 0.267. The lowest BCUT2D eigenvalue weighted by molar-refractivity contribution is -0.384. The van der Waals surface area contributed by atoms with E-state index in [2.05, 4.69) is 6.58 Å². The van der Waals surface area contributed by atoms with Crippen LogP contribution < -0.4 is 0 Å². The van der Waals surface area contributed by atoms with E-state index < -0.39 is 9.67 Å². The fourth-order valence-electron chi connectivity index (χ4n) is 2.02. The highest BCUT2D eigenvalue weighted by Crippen LogP contribution is 2.36. The number of nitro benzene ring substituents is 1. The Kier molecular flexibility index (Phi) is 4.80. The van der Waals surface area contributed by atoms with Crippen molar-refractivity contribution in [3.63, 3.8) is 0 Å². The van der Waals surface area contributed by atoms with Gasteiger partial charge in [-0.2, -0.15) is 0 Å². The first-order chi connectivity index (χ1) is 10.1. The van der Waals surface area contributed by atoms with Crippen molar-refractivity contribution in [1.82, 2.24) is 0 Å². The monoisotopic (exact) mass is 305 g/mol. The van der Waals surface area contributed by atoms with Gasteiger partial charge in [0, 0.05) is 17.9 Å². The molecule has 0 aromatic heterocycles. The standard InChI is InChI=1S/C15H15NO4S/c1-2-8-15(14(17)20-10-11-21-15)9-7-12-3-5-13(6-4-12)16(18)19/h2-7,9H,1,8,10-11H2/b9-7+. The molecule has 6 heteroatoms. The molecule has 0 amide bonds. The van der Waals surface area contributed by atoms with Gasteiger partial charge in [0.15, 0.2) is 0 Å². The second kappa shape index (κ2) is 6.58. The Labute approximate surface area is 126 Å². The number of allylic oxidation sites excluding steroid dienone is 1. The summed E-state index contributed by atoms with van der Waals surface area (Å²) in [5.74, 6) is 0.473. The van der Waals surface area contributed by atoms with E-state index in [9.17, 15) is 14.9 Å². The third-order valence-electron chi connectivity index (χ3n) is 3.12. The second-order valence-electron chi connectivity index (χ2n) is 4.55. The maximum Gasteiger partial charge on any atom is 0.326 e. The summed E-state index contributed by atoms with van der Waals surface area (Å²) in [7, 11) is 0. The van der Waals surface area contributed by atoms with E-state index in [1.54, 1.807) is 30.4 Å². The van der Waals surface area contributed by atoms with Crippen LogP contribution in [0.2, 0.25) is 0 Å². The molecule has 0 spiro atoms. The first-order valence-corrected chi connectivity index (χ1v) is 7.42. The maximum atomic E-state index is 12.0. The zero-order chi connectivity index (χ0) is 15.3. The molecular weight excluding hydrogens is 290 g/mol. The minimum absolute atomic E-state index is 0.0411. The number of carbonyl (C=O) groups is 1. The Morgan fingerprint density at radius 1 is 1.43 bits per heavy atom. The van der Waals surface area contributed by atoms with Crippen LogP contribution in [-0.2, 0) is 9.53 Å². The number of ether oxygens (including phenoxy) is 1. The summed E-state index contributed by atoms with van der Waals surface area (Å²) in [6.45, 7) is 4.11. The quantitative estimate of drug-likeness (QED) is 0.361. The molecule has 1 aliphatic rings. The number of hydrogen-bond donors (Lipinski definition) is 0. The molecule has 1 unspecified atom stereocenters. The van der Waals surface area contributed by atoms with Crippen molar-refractivity contribution in [2.45, 2.75) is 11.2 Å². The van der Waals surface area contributed by atoms with Crippen LogP contribution in [0.1, 0.15) is 12.0 Å². The minimum atomic E-state index is -0.748. The molecule has 1 atom stereocenters. The van der Waals surface area contributed by atoms with Crippen LogP contribution in [-0.4, -0.2) is 28.0 Å². The smallest absolute Gasteiger partial charge is 0.326 e. The van der Waals surface area contributed by atoms with Gasteiger partial charge in [-0.1, -0.05) is 18.2 Å². The van der Waals surface area contributed by atoms with Gasteiger partial charge < -0.3 is 4.74 Å². The molecule has 1 aromatic carbocycles. The fourth-order valence-corrected chi connectivity index (χ4v) is 3.13. The summed E-state index contributed by atoms with van der Waals surface area (Å²) in [4.78, 5) is 22.2. The molecular formula is C15H15NO4S. The van der Waals surface area contributed by atoms with Gasteiger partial charge in [-0.25, -0.2) is 0 Å². The lowest BCUT2D eigenvalue weighted by Gasteiger charge is -2.30. The van der Waals surface area contributed by atoms with Gasteiger partial charge in [-0.15, -0.1) is 18.3 Å². The molecule has 0 aliphatic carbocycles. The van der Waals surface area contributed by atoms with Gasteiger partial charge in [0.1, 0.15) is 11.4 Å². The molecule has 2 rings (SSSR count). The van der Waals surface area contributed by atoms with Gasteiger partial charge in [0.05, 0.1) is 4.92 Å². The average molecular weight is 305 g/mol. The van der Waals surface area contributed by atoms with Crippen molar-refractivity contribution < 1.29 is 14.5 Å². The summed E-state index contributed by atoms with van der Waals surface area (Å²) >= 11 is 1.53. The summed E-state index contributed by atoms with van der Waals surface area (Å²) < 4.78 is 4.39. The molecule has 0 N–H and O–H groups in total. The van der Waals surface area contributed by atoms with Crippen molar-refractivity contribution in [3.8, 4) is 0 Å². The van der Waals surface area contributed by atoms with E-state index in [-0.39, 0.29) is 11.7 Å². The molecule has 110 valence electrons. The molecule has 5 nitrogen and oxygen atoms in total. The molecule has 1 fully saturated rings. The van der Waals surface area contributed by atoms with Crippen LogP contribution in [0.15, 0.2) is 43.0 Å². The van der Waals surface area contributed by atoms with Gasteiger partial charge in [0.2, 0.25) is 0 Å². The summed E-state index contributed by atoms with van der Waals surface area (Å²) in [6.07, 6.45) is 5.76. The predicted octanol–water partition coefficient (Wildman–Crippen LogP) is 3.21. The Morgan fingerprint density at radius 3 is 2.71 bits per heavy atom. The van der Waals surface area contributed by atoms with Gasteiger partial charge in [-0.05, 0) is 24.1 Å². The van der Waals surface area contributed by atoms with E-state index in [0.29, 0.717) is 13.0 Å². The summed E-state index contributed by atoms with van der Waals surface area (Å²) in [6, 6.07) is 6.17. The number of carbonyl (C=O) groups excluding carboxylic acids is 1. The molecule has 1 saturated heterocycles. The number of non-ortho nitro benzene ring substituents is 1. The number of nitro groups is 1. The number of thioether (sulfide) groups is 1. The number of nitrogens with zero attached hydrogens (tertiary/aromatic N) is 1. The average Bonchev–Trinajstić information content (AvgIpc) is 2.49. The Morgan fingerprint density at radius 2 is 2.14 bits per heavy atom. The normalized spacial score (nSPS) is 22.0. The number of cyclic esters (lactones) is 1. The highest BCUT2D eigenvalue weighted by atomic mass is 32.2. The summed E-state index contributed by atoms with van der Waals surface area (Å²) in [5.41, 5.74) is 0.836. The Balaban J connectivity index is 2.21. The van der Waals surface area contributed by atoms with E-state index in [1.165, 1.54) is 23.9 Å². The first-order valence-electron chi connectivity index (χ1n) is 6.43. The number of hydrogen-bond acceptors (Lipinski definition) is 5. The van der Waals surface area contributed by atoms with Crippen LogP contribution in [0, 0.1) is 10.1 Å². The molecule has 21 heavy (non-hydrogen) atoms. The van der Waals surface area contributed by atoms with Crippen molar-refractivity contribution in [1.29, 1.82) is 0 Å². The number of rotatable bonds is 5. The van der Waals surface area contributed by atoms with Gasteiger partial charge in [0.25, 0.3) is 5.69 Å². The van der Waals surface area contributed by atoms with E-state index in [1.807, 2.05) is 0 Å². The van der Waals surface area contributed by atoms with Crippen LogP contribution >= 0.6 is 11.8 Å². The van der Waals surface area contributed by atoms with E-state index in [0.717, 1.165) is 11.3 Å². The van der Waals surface area contributed by atoms with Crippen LogP contribution in [0.5, 0.6) is 0 Å². The lowest BCUT2D eigenvalue weighted by atomic mass is 10.0. The van der Waals surface area contributed by atoms with Crippen molar-refractivity contribution in [3.05, 3.63) is 58.7 Å². The van der Waals surface area contributed by atoms with Crippen molar-refractivity contribution in [2.75, 3.05) is 12.4 Å². The largest absolute Gasteiger partial charge is 0.464 e. The Hall–Kier alpha value is -2.08. The number of esters is 1. The molecule has 1 aromatic rings. The molecule has 1 aliphatic heterocycles. The van der Waals surface area contributed by atoms with Crippen molar-refractivity contribution >= 4 is 29.5 Å². The highest BCUT2D eigenvalue weighted by Gasteiger charge is 2.39. The van der Waals surface area contributed by atoms with Crippen molar-refractivity contribution in [2.24, 2.45) is 0 Å². The SMILES string of the molecule is C=CCC1(/C=C/c2ccc([N+](=O)[O-])cc2)SCCOC1=O. The third-order valence-corrected chi connectivity index (χ3v) is 4.47. The molecule has 0 saturated carbocycles. The molecule has 1 heterocycles. The lowest BCUT2D eigenvalue weighted by Crippen LogP contribution is -2.39. The van der Waals surface area contributed by atoms with Crippen LogP contribution in [0.4, 0.5) is 5.69 Å². The van der Waals surface area contributed by atoms with Gasteiger partial charge >= 0.3 is 5.97 Å². The van der Waals surface area contributed by atoms with E-state index >= 15 is 0 Å². The Bertz CT molecular complexity index is 582. The topological polar surface area (TPSA) is 69.4 Å². The zero-order valence-electron chi connectivity index (χ0n) is 11.4. The predicted molar refractivity (Wildman–Crippen MR) is 83.1 cm³/mol. The van der Waals surface area contributed by atoms with E-state index in [4.69, 9.17) is 4.74 Å². The van der Waals surface area contributed by atoms with Crippen LogP contribution in [0.3, 0.4) is 0 Å². The third kappa shape index (κ3) is 3.52. The highest BCUT2D eigenvalue weighted by molar-refractivity contribution is 8.01. The summed E-state index contributed by atoms with van der Waals surface area (Å²) in [5, 5.41) is 10.6. The first kappa shape index (κ1) is 15.3. The second-order valence-corrected chi connectivity index (χ2v) is 5.97. The van der Waals surface area contributed by atoms with Gasteiger partial charge in [-0.3, -0.25) is 14.9 Å². The molecule has 0 bridgehead atoms. The molecule has 0 radical (unpaired) electrons. The minimum Gasteiger partial charge on any atom is -0.464 e.